The smallest absolute Gasteiger partial charge is 0.321 e. The Bertz CT molecular complexity index is 932. The van der Waals surface area contributed by atoms with Gasteiger partial charge in [0.1, 0.15) is 0 Å². The zero-order valence-corrected chi connectivity index (χ0v) is 15.2. The topological polar surface area (TPSA) is 61.9 Å². The van der Waals surface area contributed by atoms with Crippen molar-refractivity contribution < 1.29 is 18.7 Å². The summed E-state index contributed by atoms with van der Waals surface area (Å²) in [5, 5.41) is 2.70. The van der Waals surface area contributed by atoms with Gasteiger partial charge in [-0.05, 0) is 30.2 Å². The van der Waals surface area contributed by atoms with Gasteiger partial charge in [0.05, 0.1) is 12.5 Å². The Kier molecular flexibility index (Phi) is 4.02. The number of methoxy groups -OCH3 is 1. The highest BCUT2D eigenvalue weighted by Gasteiger charge is 2.54. The molecular weight excluding hydrogens is 349 g/mol. The molecule has 6 nitrogen and oxygen atoms in total. The van der Waals surface area contributed by atoms with Crippen LogP contribution in [0.25, 0.3) is 0 Å². The van der Waals surface area contributed by atoms with Gasteiger partial charge in [-0.2, -0.15) is 0 Å². The summed E-state index contributed by atoms with van der Waals surface area (Å²) in [4.78, 5) is 28.9. The molecular formula is C20H20FN3O3. The molecule has 2 aliphatic heterocycles. The van der Waals surface area contributed by atoms with Gasteiger partial charge in [-0.1, -0.05) is 18.2 Å². The summed E-state index contributed by atoms with van der Waals surface area (Å²) in [6.07, 6.45) is 0.567. The number of para-hydroxylation sites is 1. The van der Waals surface area contributed by atoms with Gasteiger partial charge < -0.3 is 19.9 Å². The normalized spacial score (nSPS) is 20.9. The molecule has 2 aliphatic rings. The molecule has 0 saturated carbocycles. The summed E-state index contributed by atoms with van der Waals surface area (Å²) in [7, 11) is 3.15. The lowest BCUT2D eigenvalue weighted by molar-refractivity contribution is -0.122. The second kappa shape index (κ2) is 6.26. The maximum atomic E-state index is 13.8. The Morgan fingerprint density at radius 2 is 2.04 bits per heavy atom. The second-order valence-electron chi connectivity index (χ2n) is 6.91. The molecule has 0 aromatic heterocycles. The Morgan fingerprint density at radius 1 is 1.26 bits per heavy atom. The number of benzene rings is 2. The number of fused-ring (bicyclic) bond motifs is 2. The minimum Gasteiger partial charge on any atom is -0.494 e. The Morgan fingerprint density at radius 3 is 2.78 bits per heavy atom. The summed E-state index contributed by atoms with van der Waals surface area (Å²) >= 11 is 0. The average molecular weight is 369 g/mol. The predicted octanol–water partition coefficient (Wildman–Crippen LogP) is 2.99. The molecule has 0 aliphatic carbocycles. The highest BCUT2D eigenvalue weighted by atomic mass is 19.1. The molecule has 1 atom stereocenters. The highest BCUT2D eigenvalue weighted by molar-refractivity contribution is 6.08. The number of likely N-dealkylation sites (N-methyl/N-ethyl adjacent to an activating group) is 1. The number of ether oxygens (including phenoxy) is 1. The van der Waals surface area contributed by atoms with Crippen LogP contribution in [0.15, 0.2) is 42.5 Å². The van der Waals surface area contributed by atoms with E-state index in [0.717, 1.165) is 11.3 Å². The first kappa shape index (κ1) is 17.3. The number of anilines is 2. The van der Waals surface area contributed by atoms with E-state index in [1.165, 1.54) is 19.2 Å². The van der Waals surface area contributed by atoms with Gasteiger partial charge in [0.15, 0.2) is 11.6 Å². The summed E-state index contributed by atoms with van der Waals surface area (Å²) in [6.45, 7) is 0.760. The van der Waals surface area contributed by atoms with Crippen LogP contribution in [-0.2, 0) is 10.2 Å². The van der Waals surface area contributed by atoms with Crippen molar-refractivity contribution in [3.05, 3.63) is 53.8 Å². The van der Waals surface area contributed by atoms with Crippen LogP contribution in [0.1, 0.15) is 12.0 Å². The minimum atomic E-state index is -0.701. The molecule has 2 heterocycles. The van der Waals surface area contributed by atoms with Crippen molar-refractivity contribution in [3.63, 3.8) is 0 Å². The first-order valence-corrected chi connectivity index (χ1v) is 8.73. The van der Waals surface area contributed by atoms with Crippen LogP contribution in [0.4, 0.5) is 20.6 Å². The number of hydrogen-bond acceptors (Lipinski definition) is 3. The van der Waals surface area contributed by atoms with Crippen molar-refractivity contribution in [2.24, 2.45) is 0 Å². The lowest BCUT2D eigenvalue weighted by Gasteiger charge is -2.23. The van der Waals surface area contributed by atoms with E-state index in [0.29, 0.717) is 25.2 Å². The first-order valence-electron chi connectivity index (χ1n) is 8.73. The summed E-state index contributed by atoms with van der Waals surface area (Å²) in [6, 6.07) is 11.6. The third-order valence-corrected chi connectivity index (χ3v) is 5.45. The number of amides is 3. The Hall–Kier alpha value is -3.09. The maximum Gasteiger partial charge on any atom is 0.321 e. The lowest BCUT2D eigenvalue weighted by atomic mass is 9.81. The minimum absolute atomic E-state index is 0.00879. The van der Waals surface area contributed by atoms with E-state index in [9.17, 15) is 14.0 Å². The number of nitrogens with zero attached hydrogens (tertiary/aromatic N) is 2. The van der Waals surface area contributed by atoms with E-state index in [1.807, 2.05) is 24.3 Å². The molecule has 0 bridgehead atoms. The van der Waals surface area contributed by atoms with E-state index in [2.05, 4.69) is 5.32 Å². The quantitative estimate of drug-likeness (QED) is 0.885. The Labute approximate surface area is 156 Å². The summed E-state index contributed by atoms with van der Waals surface area (Å²) in [5.74, 6) is -0.423. The highest BCUT2D eigenvalue weighted by Crippen LogP contribution is 2.46. The monoisotopic (exact) mass is 369 g/mol. The predicted molar refractivity (Wildman–Crippen MR) is 99.7 cm³/mol. The largest absolute Gasteiger partial charge is 0.494 e. The summed E-state index contributed by atoms with van der Waals surface area (Å²) < 4.78 is 18.7. The van der Waals surface area contributed by atoms with Crippen molar-refractivity contribution in [3.8, 4) is 5.75 Å². The fourth-order valence-corrected chi connectivity index (χ4v) is 4.04. The fourth-order valence-electron chi connectivity index (χ4n) is 4.04. The molecule has 2 aromatic rings. The molecule has 0 unspecified atom stereocenters. The van der Waals surface area contributed by atoms with E-state index in [4.69, 9.17) is 4.74 Å². The van der Waals surface area contributed by atoms with Crippen molar-refractivity contribution >= 4 is 23.3 Å². The van der Waals surface area contributed by atoms with Gasteiger partial charge in [-0.25, -0.2) is 9.18 Å². The number of rotatable bonds is 2. The molecule has 1 fully saturated rings. The van der Waals surface area contributed by atoms with E-state index >= 15 is 0 Å². The van der Waals surface area contributed by atoms with Crippen molar-refractivity contribution in [1.29, 1.82) is 0 Å². The van der Waals surface area contributed by atoms with E-state index in [1.54, 1.807) is 22.9 Å². The van der Waals surface area contributed by atoms with Crippen LogP contribution < -0.4 is 15.0 Å². The van der Waals surface area contributed by atoms with Crippen molar-refractivity contribution in [2.45, 2.75) is 11.8 Å². The number of nitrogens with one attached hydrogen (secondary N) is 1. The van der Waals surface area contributed by atoms with Gasteiger partial charge in [0, 0.05) is 37.6 Å². The van der Waals surface area contributed by atoms with Crippen LogP contribution in [0.2, 0.25) is 0 Å². The molecule has 3 amide bonds. The fraction of sp³-hybridized carbons (Fsp3) is 0.300. The maximum absolute atomic E-state index is 13.8. The summed E-state index contributed by atoms with van der Waals surface area (Å²) in [5.41, 5.74) is 1.49. The molecule has 1 N–H and O–H groups in total. The second-order valence-corrected chi connectivity index (χ2v) is 6.91. The SMILES string of the molecule is COc1ccc(NC(=O)N2CC[C@@]3(C2)C(=O)N(C)c2ccccc23)cc1F. The zero-order valence-electron chi connectivity index (χ0n) is 15.2. The number of halogens is 1. The van der Waals surface area contributed by atoms with E-state index < -0.39 is 11.2 Å². The van der Waals surface area contributed by atoms with Crippen LogP contribution in [0, 0.1) is 5.82 Å². The van der Waals surface area contributed by atoms with Crippen LogP contribution >= 0.6 is 0 Å². The lowest BCUT2D eigenvalue weighted by Crippen LogP contribution is -2.42. The van der Waals surface area contributed by atoms with Gasteiger partial charge in [-0.15, -0.1) is 0 Å². The van der Waals surface area contributed by atoms with Gasteiger partial charge in [-0.3, -0.25) is 4.79 Å². The molecule has 1 saturated heterocycles. The molecule has 0 radical (unpaired) electrons. The van der Waals surface area contributed by atoms with Crippen LogP contribution in [0.5, 0.6) is 5.75 Å². The molecule has 2 aromatic carbocycles. The van der Waals surface area contributed by atoms with Crippen LogP contribution in [0.3, 0.4) is 0 Å². The van der Waals surface area contributed by atoms with E-state index in [-0.39, 0.29) is 17.7 Å². The molecule has 1 spiro atoms. The van der Waals surface area contributed by atoms with Crippen LogP contribution in [-0.4, -0.2) is 44.1 Å². The number of likely N-dealkylation sites (tertiary alicyclic amines) is 1. The molecule has 140 valence electrons. The Balaban J connectivity index is 1.54. The standard InChI is InChI=1S/C20H20FN3O3/c1-23-16-6-4-3-5-14(16)20(18(23)25)9-10-24(12-20)19(26)22-13-7-8-17(27-2)15(21)11-13/h3-8,11H,9-10,12H2,1-2H3,(H,22,26)/t20-/m0/s1. The number of carbonyl (C=O) groups is 2. The third-order valence-electron chi connectivity index (χ3n) is 5.45. The van der Waals surface area contributed by atoms with Gasteiger partial charge >= 0.3 is 6.03 Å². The number of urea groups is 1. The number of carbonyl (C=O) groups excluding carboxylic acids is 2. The molecule has 27 heavy (non-hydrogen) atoms. The average Bonchev–Trinajstić information content (AvgIpc) is 3.21. The zero-order chi connectivity index (χ0) is 19.2. The van der Waals surface area contributed by atoms with Crippen molar-refractivity contribution in [2.75, 3.05) is 37.5 Å². The van der Waals surface area contributed by atoms with Crippen molar-refractivity contribution in [1.82, 2.24) is 4.90 Å². The molecule has 7 heteroatoms. The van der Waals surface area contributed by atoms with Gasteiger partial charge in [0.2, 0.25) is 5.91 Å². The molecule has 4 rings (SSSR count). The number of hydrogen-bond donors (Lipinski definition) is 1. The first-order chi connectivity index (χ1) is 13.0. The van der Waals surface area contributed by atoms with Gasteiger partial charge in [0.25, 0.3) is 0 Å². The third kappa shape index (κ3) is 2.61.